The molecule has 0 aliphatic carbocycles. The van der Waals surface area contributed by atoms with Crippen LogP contribution in [-0.2, 0) is 40.2 Å². The minimum atomic E-state index is -4.67. The van der Waals surface area contributed by atoms with Crippen molar-refractivity contribution in [1.82, 2.24) is 0 Å². The van der Waals surface area contributed by atoms with E-state index in [1.54, 1.807) is 60.7 Å². The first kappa shape index (κ1) is 23.6. The number of hydrogen-bond acceptors (Lipinski definition) is 6. The van der Waals surface area contributed by atoms with Crippen LogP contribution in [0.2, 0.25) is 0 Å². The first-order valence-corrected chi connectivity index (χ1v) is 9.73. The first-order chi connectivity index (χ1) is 15.8. The van der Waals surface area contributed by atoms with Gasteiger partial charge in [-0.25, -0.2) is 9.59 Å². The van der Waals surface area contributed by atoms with Gasteiger partial charge in [-0.1, -0.05) is 66.7 Å². The molecule has 0 bridgehead atoms. The molecule has 0 spiro atoms. The third kappa shape index (κ3) is 7.57. The van der Waals surface area contributed by atoms with E-state index < -0.39 is 36.4 Å². The van der Waals surface area contributed by atoms with Crippen LogP contribution in [0.4, 0.5) is 22.8 Å². The molecule has 6 nitrogen and oxygen atoms in total. The number of halogens is 3. The summed E-state index contributed by atoms with van der Waals surface area (Å²) < 4.78 is 59.2. The number of ether oxygens (including phenoxy) is 4. The summed E-state index contributed by atoms with van der Waals surface area (Å²) in [6, 6.07) is 20.0. The lowest BCUT2D eigenvalue weighted by Gasteiger charge is -2.14. The highest BCUT2D eigenvalue weighted by molar-refractivity contribution is 5.65. The SMILES string of the molecule is O=C(OCc1ccccc1)OCc1ccc(C(F)(F)F)cc1OC(=O)OCc1ccccc1. The molecular formula is C24H19F3O6. The average molecular weight is 460 g/mol. The lowest BCUT2D eigenvalue weighted by molar-refractivity contribution is -0.137. The van der Waals surface area contributed by atoms with E-state index in [1.807, 2.05) is 0 Å². The number of carbonyl (C=O) groups is 2. The van der Waals surface area contributed by atoms with Crippen LogP contribution in [0.3, 0.4) is 0 Å². The predicted octanol–water partition coefficient (Wildman–Crippen LogP) is 6.27. The monoisotopic (exact) mass is 460 g/mol. The highest BCUT2D eigenvalue weighted by Crippen LogP contribution is 2.33. The van der Waals surface area contributed by atoms with Gasteiger partial charge < -0.3 is 18.9 Å². The van der Waals surface area contributed by atoms with Gasteiger partial charge in [0.05, 0.1) is 5.56 Å². The Morgan fingerprint density at radius 2 is 1.18 bits per heavy atom. The van der Waals surface area contributed by atoms with Crippen molar-refractivity contribution in [2.24, 2.45) is 0 Å². The van der Waals surface area contributed by atoms with Gasteiger partial charge in [0.2, 0.25) is 0 Å². The van der Waals surface area contributed by atoms with E-state index in [-0.39, 0.29) is 18.8 Å². The predicted molar refractivity (Wildman–Crippen MR) is 110 cm³/mol. The Labute approximate surface area is 187 Å². The second-order valence-corrected chi connectivity index (χ2v) is 6.76. The van der Waals surface area contributed by atoms with E-state index in [4.69, 9.17) is 18.9 Å². The summed E-state index contributed by atoms with van der Waals surface area (Å²) in [5, 5.41) is 0. The van der Waals surface area contributed by atoms with Gasteiger partial charge in [-0.2, -0.15) is 13.2 Å². The fraction of sp³-hybridized carbons (Fsp3) is 0.167. The van der Waals surface area contributed by atoms with Crippen LogP contribution in [0.15, 0.2) is 78.9 Å². The van der Waals surface area contributed by atoms with Crippen LogP contribution in [0.1, 0.15) is 22.3 Å². The minimum absolute atomic E-state index is 0.0244. The van der Waals surface area contributed by atoms with Crippen molar-refractivity contribution in [3.05, 3.63) is 101 Å². The molecule has 0 radical (unpaired) electrons. The largest absolute Gasteiger partial charge is 0.514 e. The molecule has 9 heteroatoms. The molecule has 0 aliphatic heterocycles. The average Bonchev–Trinajstić information content (AvgIpc) is 2.81. The van der Waals surface area contributed by atoms with Crippen molar-refractivity contribution in [1.29, 1.82) is 0 Å². The van der Waals surface area contributed by atoms with Crippen LogP contribution >= 0.6 is 0 Å². The van der Waals surface area contributed by atoms with Crippen LogP contribution in [0.25, 0.3) is 0 Å². The molecule has 3 aromatic rings. The molecule has 172 valence electrons. The Balaban J connectivity index is 1.63. The lowest BCUT2D eigenvalue weighted by Crippen LogP contribution is -2.14. The molecule has 3 aromatic carbocycles. The molecular weight excluding hydrogens is 441 g/mol. The zero-order chi connectivity index (χ0) is 23.7. The van der Waals surface area contributed by atoms with Crippen LogP contribution < -0.4 is 4.74 Å². The summed E-state index contributed by atoms with van der Waals surface area (Å²) >= 11 is 0. The normalized spacial score (nSPS) is 10.9. The molecule has 0 aromatic heterocycles. The van der Waals surface area contributed by atoms with E-state index in [9.17, 15) is 22.8 Å². The number of benzene rings is 3. The Kier molecular flexibility index (Phi) is 7.91. The molecule has 0 fully saturated rings. The van der Waals surface area contributed by atoms with Crippen molar-refractivity contribution < 1.29 is 41.7 Å². The molecule has 33 heavy (non-hydrogen) atoms. The summed E-state index contributed by atoms with van der Waals surface area (Å²) in [5.41, 5.74) is 0.387. The topological polar surface area (TPSA) is 71.1 Å². The molecule has 0 N–H and O–H groups in total. The third-order valence-corrected chi connectivity index (χ3v) is 4.33. The number of alkyl halides is 3. The maximum atomic E-state index is 13.1. The number of hydrogen-bond donors (Lipinski definition) is 0. The maximum absolute atomic E-state index is 13.1. The zero-order valence-corrected chi connectivity index (χ0v) is 17.2. The zero-order valence-electron chi connectivity index (χ0n) is 17.2. The first-order valence-electron chi connectivity index (χ1n) is 9.73. The van der Waals surface area contributed by atoms with Gasteiger partial charge in [-0.15, -0.1) is 0 Å². The number of carbonyl (C=O) groups excluding carboxylic acids is 2. The Morgan fingerprint density at radius 1 is 0.667 bits per heavy atom. The van der Waals surface area contributed by atoms with Gasteiger partial charge in [0.1, 0.15) is 25.6 Å². The second-order valence-electron chi connectivity index (χ2n) is 6.76. The Morgan fingerprint density at radius 3 is 1.73 bits per heavy atom. The maximum Gasteiger partial charge on any atom is 0.514 e. The summed E-state index contributed by atoms with van der Waals surface area (Å²) in [5.74, 6) is -0.446. The van der Waals surface area contributed by atoms with Crippen molar-refractivity contribution in [3.8, 4) is 5.75 Å². The van der Waals surface area contributed by atoms with E-state index in [2.05, 4.69) is 0 Å². The second kappa shape index (κ2) is 11.0. The Hall–Kier alpha value is -4.01. The fourth-order valence-corrected chi connectivity index (χ4v) is 2.68. The van der Waals surface area contributed by atoms with Gasteiger partial charge >= 0.3 is 18.5 Å². The standard InChI is InChI=1S/C24H19F3O6/c25-24(26,27)20-12-11-19(16-32-22(28)30-14-17-7-3-1-4-8-17)21(13-20)33-23(29)31-15-18-9-5-2-6-10-18/h1-13H,14-16H2. The molecule has 0 atom stereocenters. The van der Waals surface area contributed by atoms with E-state index in [1.165, 1.54) is 0 Å². The third-order valence-electron chi connectivity index (χ3n) is 4.33. The van der Waals surface area contributed by atoms with Gasteiger partial charge in [-0.05, 0) is 23.3 Å². The van der Waals surface area contributed by atoms with Crippen molar-refractivity contribution in [2.75, 3.05) is 0 Å². The van der Waals surface area contributed by atoms with Gasteiger partial charge in [0.25, 0.3) is 0 Å². The van der Waals surface area contributed by atoms with Gasteiger partial charge in [0, 0.05) is 5.56 Å². The van der Waals surface area contributed by atoms with Crippen LogP contribution in [-0.4, -0.2) is 12.3 Å². The summed E-state index contributed by atoms with van der Waals surface area (Å²) in [4.78, 5) is 23.9. The fourth-order valence-electron chi connectivity index (χ4n) is 2.68. The van der Waals surface area contributed by atoms with Crippen LogP contribution in [0.5, 0.6) is 5.75 Å². The molecule has 0 amide bonds. The summed E-state index contributed by atoms with van der Waals surface area (Å²) in [7, 11) is 0. The molecule has 0 saturated heterocycles. The van der Waals surface area contributed by atoms with Crippen molar-refractivity contribution in [3.63, 3.8) is 0 Å². The summed E-state index contributed by atoms with van der Waals surface area (Å²) in [6.45, 7) is -0.648. The van der Waals surface area contributed by atoms with E-state index in [0.29, 0.717) is 11.6 Å². The lowest BCUT2D eigenvalue weighted by atomic mass is 10.1. The highest BCUT2D eigenvalue weighted by atomic mass is 19.4. The highest BCUT2D eigenvalue weighted by Gasteiger charge is 2.32. The van der Waals surface area contributed by atoms with Crippen molar-refractivity contribution in [2.45, 2.75) is 26.0 Å². The van der Waals surface area contributed by atoms with Crippen molar-refractivity contribution >= 4 is 12.3 Å². The smallest absolute Gasteiger partial charge is 0.429 e. The molecule has 0 unspecified atom stereocenters. The van der Waals surface area contributed by atoms with E-state index in [0.717, 1.165) is 17.7 Å². The number of rotatable bonds is 7. The Bertz CT molecular complexity index is 1070. The molecule has 3 rings (SSSR count). The van der Waals surface area contributed by atoms with Gasteiger partial charge in [0.15, 0.2) is 0 Å². The molecule has 0 heterocycles. The van der Waals surface area contributed by atoms with Crippen LogP contribution in [0, 0.1) is 0 Å². The van der Waals surface area contributed by atoms with E-state index >= 15 is 0 Å². The quantitative estimate of drug-likeness (QED) is 0.306. The summed E-state index contributed by atoms with van der Waals surface area (Å²) in [6.07, 6.45) is -6.90. The minimum Gasteiger partial charge on any atom is -0.429 e. The van der Waals surface area contributed by atoms with Gasteiger partial charge in [-0.3, -0.25) is 0 Å². The molecule has 0 aliphatic rings. The molecule has 0 saturated carbocycles.